The van der Waals surface area contributed by atoms with Gasteiger partial charge in [0.25, 0.3) is 0 Å². The number of nitrogens with zero attached hydrogens (tertiary/aromatic N) is 2. The molecule has 0 atom stereocenters. The number of rotatable bonds is 5. The summed E-state index contributed by atoms with van der Waals surface area (Å²) >= 11 is 0. The smallest absolute Gasteiger partial charge is 0.181 e. The second-order valence-electron chi connectivity index (χ2n) is 5.06. The van der Waals surface area contributed by atoms with E-state index in [4.69, 9.17) is 4.74 Å². The highest BCUT2D eigenvalue weighted by atomic mass is 16.5. The zero-order chi connectivity index (χ0) is 15.4. The average Bonchev–Trinajstić information content (AvgIpc) is 3.02. The van der Waals surface area contributed by atoms with E-state index in [-0.39, 0.29) is 0 Å². The van der Waals surface area contributed by atoms with Gasteiger partial charge in [0.1, 0.15) is 11.6 Å². The summed E-state index contributed by atoms with van der Waals surface area (Å²) < 4.78 is 5.14. The number of ether oxygens (including phenoxy) is 1. The number of nitrogens with one attached hydrogen (secondary N) is 2. The minimum atomic E-state index is 0.588. The van der Waals surface area contributed by atoms with Crippen molar-refractivity contribution in [1.29, 1.82) is 0 Å². The van der Waals surface area contributed by atoms with E-state index in [2.05, 4.69) is 39.6 Å². The molecule has 0 unspecified atom stereocenters. The third-order valence-corrected chi connectivity index (χ3v) is 3.36. The van der Waals surface area contributed by atoms with Crippen molar-refractivity contribution in [3.05, 3.63) is 59.9 Å². The Kier molecular flexibility index (Phi) is 4.05. The first-order valence-electron chi connectivity index (χ1n) is 7.11. The van der Waals surface area contributed by atoms with E-state index >= 15 is 0 Å². The lowest BCUT2D eigenvalue weighted by atomic mass is 10.1. The summed E-state index contributed by atoms with van der Waals surface area (Å²) in [4.78, 5) is 4.52. The molecule has 0 saturated carbocycles. The summed E-state index contributed by atoms with van der Waals surface area (Å²) in [6.07, 6.45) is 0. The molecule has 0 fully saturated rings. The Morgan fingerprint density at radius 3 is 2.68 bits per heavy atom. The first-order valence-corrected chi connectivity index (χ1v) is 7.11. The van der Waals surface area contributed by atoms with Gasteiger partial charge in [-0.2, -0.15) is 5.10 Å². The Bertz CT molecular complexity index is 749. The second kappa shape index (κ2) is 6.30. The first kappa shape index (κ1) is 14.1. The van der Waals surface area contributed by atoms with Gasteiger partial charge in [0.05, 0.1) is 13.7 Å². The Morgan fingerprint density at radius 1 is 1.14 bits per heavy atom. The summed E-state index contributed by atoms with van der Waals surface area (Å²) in [5, 5.41) is 10.5. The van der Waals surface area contributed by atoms with E-state index in [1.54, 1.807) is 7.11 Å². The van der Waals surface area contributed by atoms with Gasteiger partial charge in [0.15, 0.2) is 5.82 Å². The summed E-state index contributed by atoms with van der Waals surface area (Å²) in [6.45, 7) is 2.65. The van der Waals surface area contributed by atoms with E-state index in [0.717, 1.165) is 28.6 Å². The zero-order valence-electron chi connectivity index (χ0n) is 12.6. The molecule has 3 rings (SSSR count). The largest absolute Gasteiger partial charge is 0.497 e. The van der Waals surface area contributed by atoms with E-state index in [1.165, 1.54) is 5.56 Å². The summed E-state index contributed by atoms with van der Waals surface area (Å²) in [7, 11) is 1.66. The number of anilines is 1. The average molecular weight is 294 g/mol. The van der Waals surface area contributed by atoms with Crippen molar-refractivity contribution in [2.75, 3.05) is 12.4 Å². The molecule has 3 aromatic rings. The molecule has 22 heavy (non-hydrogen) atoms. The fourth-order valence-corrected chi connectivity index (χ4v) is 2.18. The van der Waals surface area contributed by atoms with Crippen molar-refractivity contribution in [3.8, 4) is 17.1 Å². The predicted octanol–water partition coefficient (Wildman–Crippen LogP) is 3.40. The Morgan fingerprint density at radius 2 is 1.95 bits per heavy atom. The lowest BCUT2D eigenvalue weighted by Crippen LogP contribution is -2.01. The first-order chi connectivity index (χ1) is 10.7. The van der Waals surface area contributed by atoms with Crippen LogP contribution in [0.4, 0.5) is 5.69 Å². The molecule has 0 amide bonds. The molecule has 112 valence electrons. The number of aromatic nitrogens is 3. The number of methoxy groups -OCH3 is 1. The minimum absolute atomic E-state index is 0.588. The fraction of sp³-hybridized carbons (Fsp3) is 0.176. The fourth-order valence-electron chi connectivity index (χ4n) is 2.18. The SMILES string of the molecule is COc1ccc(NCc2nc(-c3cccc(C)c3)n[nH]2)cc1. The summed E-state index contributed by atoms with van der Waals surface area (Å²) in [5.41, 5.74) is 3.22. The molecule has 0 bridgehead atoms. The van der Waals surface area contributed by atoms with E-state index in [9.17, 15) is 0 Å². The van der Waals surface area contributed by atoms with Crippen LogP contribution in [0.3, 0.4) is 0 Å². The molecule has 5 heteroatoms. The van der Waals surface area contributed by atoms with E-state index < -0.39 is 0 Å². The van der Waals surface area contributed by atoms with E-state index in [0.29, 0.717) is 6.54 Å². The number of aryl methyl sites for hydroxylation is 1. The molecule has 0 spiro atoms. The maximum absolute atomic E-state index is 5.14. The van der Waals surface area contributed by atoms with Gasteiger partial charge in [-0.3, -0.25) is 5.10 Å². The number of aromatic amines is 1. The van der Waals surface area contributed by atoms with Crippen LogP contribution in [0.2, 0.25) is 0 Å². The summed E-state index contributed by atoms with van der Waals surface area (Å²) in [5.74, 6) is 2.36. The molecule has 5 nitrogen and oxygen atoms in total. The highest BCUT2D eigenvalue weighted by Crippen LogP contribution is 2.17. The third kappa shape index (κ3) is 3.25. The summed E-state index contributed by atoms with van der Waals surface area (Å²) in [6, 6.07) is 15.9. The molecule has 0 aliphatic rings. The molecule has 0 aliphatic carbocycles. The van der Waals surface area contributed by atoms with Crippen molar-refractivity contribution >= 4 is 5.69 Å². The quantitative estimate of drug-likeness (QED) is 0.757. The highest BCUT2D eigenvalue weighted by Gasteiger charge is 2.06. The van der Waals surface area contributed by atoms with Crippen LogP contribution in [0.25, 0.3) is 11.4 Å². The number of benzene rings is 2. The van der Waals surface area contributed by atoms with Crippen LogP contribution in [-0.4, -0.2) is 22.3 Å². The van der Waals surface area contributed by atoms with Crippen LogP contribution in [0, 0.1) is 6.92 Å². The molecular weight excluding hydrogens is 276 g/mol. The van der Waals surface area contributed by atoms with Crippen molar-refractivity contribution in [2.24, 2.45) is 0 Å². The topological polar surface area (TPSA) is 62.8 Å². The van der Waals surface area contributed by atoms with Gasteiger partial charge in [-0.25, -0.2) is 4.98 Å². The Hall–Kier alpha value is -2.82. The van der Waals surface area contributed by atoms with Gasteiger partial charge >= 0.3 is 0 Å². The van der Waals surface area contributed by atoms with Crippen LogP contribution < -0.4 is 10.1 Å². The van der Waals surface area contributed by atoms with Crippen LogP contribution in [0.1, 0.15) is 11.4 Å². The standard InChI is InChI=1S/C17H18N4O/c1-12-4-3-5-13(10-12)17-19-16(20-21-17)11-18-14-6-8-15(22-2)9-7-14/h3-10,18H,11H2,1-2H3,(H,19,20,21). The Labute approximate surface area is 129 Å². The predicted molar refractivity (Wildman–Crippen MR) is 86.9 cm³/mol. The minimum Gasteiger partial charge on any atom is -0.497 e. The molecule has 0 radical (unpaired) electrons. The van der Waals surface area contributed by atoms with Gasteiger partial charge < -0.3 is 10.1 Å². The lowest BCUT2D eigenvalue weighted by Gasteiger charge is -2.05. The molecule has 2 N–H and O–H groups in total. The number of hydrogen-bond acceptors (Lipinski definition) is 4. The van der Waals surface area contributed by atoms with Crippen molar-refractivity contribution in [2.45, 2.75) is 13.5 Å². The number of H-pyrrole nitrogens is 1. The second-order valence-corrected chi connectivity index (χ2v) is 5.06. The molecule has 0 aliphatic heterocycles. The molecule has 0 saturated heterocycles. The molecule has 2 aromatic carbocycles. The maximum atomic E-state index is 5.14. The highest BCUT2D eigenvalue weighted by molar-refractivity contribution is 5.55. The van der Waals surface area contributed by atoms with Gasteiger partial charge in [-0.05, 0) is 37.3 Å². The normalized spacial score (nSPS) is 10.5. The molecule has 1 aromatic heterocycles. The van der Waals surface area contributed by atoms with Crippen molar-refractivity contribution in [1.82, 2.24) is 15.2 Å². The zero-order valence-corrected chi connectivity index (χ0v) is 12.6. The van der Waals surface area contributed by atoms with Crippen LogP contribution in [0.5, 0.6) is 5.75 Å². The van der Waals surface area contributed by atoms with Crippen molar-refractivity contribution in [3.63, 3.8) is 0 Å². The molecular formula is C17H18N4O. The van der Waals surface area contributed by atoms with Gasteiger partial charge in [-0.15, -0.1) is 0 Å². The molecule has 1 heterocycles. The van der Waals surface area contributed by atoms with Gasteiger partial charge in [0.2, 0.25) is 0 Å². The number of hydrogen-bond donors (Lipinski definition) is 2. The van der Waals surface area contributed by atoms with Gasteiger partial charge in [0, 0.05) is 11.3 Å². The maximum Gasteiger partial charge on any atom is 0.181 e. The Balaban J connectivity index is 1.66. The lowest BCUT2D eigenvalue weighted by molar-refractivity contribution is 0.415. The monoisotopic (exact) mass is 294 g/mol. The van der Waals surface area contributed by atoms with E-state index in [1.807, 2.05) is 36.4 Å². The van der Waals surface area contributed by atoms with Crippen LogP contribution in [0.15, 0.2) is 48.5 Å². The third-order valence-electron chi connectivity index (χ3n) is 3.36. The van der Waals surface area contributed by atoms with Gasteiger partial charge in [-0.1, -0.05) is 23.8 Å². The van der Waals surface area contributed by atoms with Crippen LogP contribution in [-0.2, 0) is 6.54 Å². The van der Waals surface area contributed by atoms with Crippen LogP contribution >= 0.6 is 0 Å². The van der Waals surface area contributed by atoms with Crippen molar-refractivity contribution < 1.29 is 4.74 Å².